The van der Waals surface area contributed by atoms with Crippen LogP contribution in [0.25, 0.3) is 0 Å². The Morgan fingerprint density at radius 3 is 2.44 bits per heavy atom. The maximum Gasteiger partial charge on any atom is 0.324 e. The van der Waals surface area contributed by atoms with E-state index in [1.807, 2.05) is 0 Å². The second-order valence-electron chi connectivity index (χ2n) is 3.84. The van der Waals surface area contributed by atoms with Crippen molar-refractivity contribution in [1.82, 2.24) is 0 Å². The minimum atomic E-state index is -1.12. The van der Waals surface area contributed by atoms with Crippen molar-refractivity contribution in [3.8, 4) is 0 Å². The summed E-state index contributed by atoms with van der Waals surface area (Å²) < 4.78 is 9.61. The summed E-state index contributed by atoms with van der Waals surface area (Å²) in [5.41, 5.74) is 4.54. The van der Waals surface area contributed by atoms with E-state index >= 15 is 0 Å². The van der Waals surface area contributed by atoms with E-state index in [-0.39, 0.29) is 13.2 Å². The largest absolute Gasteiger partial charge is 0.465 e. The summed E-state index contributed by atoms with van der Waals surface area (Å²) in [5, 5.41) is 0. The lowest BCUT2D eigenvalue weighted by molar-refractivity contribution is -0.161. The first kappa shape index (κ1) is 14.6. The van der Waals surface area contributed by atoms with Crippen molar-refractivity contribution >= 4 is 11.9 Å². The molecular weight excluding hydrogens is 210 g/mol. The molecule has 5 heteroatoms. The van der Waals surface area contributed by atoms with Crippen molar-refractivity contribution in [2.24, 2.45) is 11.1 Å². The quantitative estimate of drug-likeness (QED) is 0.534. The SMILES string of the molecule is C=CCOC(=O)C(C)(C)C(N)C(=O)OCC. The van der Waals surface area contributed by atoms with Crippen LogP contribution in [0.2, 0.25) is 0 Å². The van der Waals surface area contributed by atoms with Crippen molar-refractivity contribution in [3.05, 3.63) is 12.7 Å². The van der Waals surface area contributed by atoms with Crippen LogP contribution in [-0.4, -0.2) is 31.2 Å². The summed E-state index contributed by atoms with van der Waals surface area (Å²) in [6.45, 7) is 8.50. The van der Waals surface area contributed by atoms with Gasteiger partial charge in [-0.1, -0.05) is 12.7 Å². The summed E-state index contributed by atoms with van der Waals surface area (Å²) in [6, 6.07) is -1.04. The van der Waals surface area contributed by atoms with Crippen LogP contribution < -0.4 is 5.73 Å². The molecule has 5 nitrogen and oxygen atoms in total. The van der Waals surface area contributed by atoms with E-state index in [1.165, 1.54) is 6.08 Å². The van der Waals surface area contributed by atoms with Gasteiger partial charge in [0.05, 0.1) is 12.0 Å². The maximum atomic E-state index is 11.6. The van der Waals surface area contributed by atoms with Gasteiger partial charge in [-0.05, 0) is 20.8 Å². The second-order valence-corrected chi connectivity index (χ2v) is 3.84. The topological polar surface area (TPSA) is 78.6 Å². The first-order chi connectivity index (χ1) is 7.37. The number of nitrogens with two attached hydrogens (primary N) is 1. The van der Waals surface area contributed by atoms with Gasteiger partial charge in [0.1, 0.15) is 12.6 Å². The highest BCUT2D eigenvalue weighted by atomic mass is 16.5. The molecule has 0 aliphatic rings. The van der Waals surface area contributed by atoms with Crippen molar-refractivity contribution in [3.63, 3.8) is 0 Å². The number of carbonyl (C=O) groups excluding carboxylic acids is 2. The normalized spacial score (nSPS) is 12.8. The number of rotatable bonds is 6. The Labute approximate surface area is 95.6 Å². The highest BCUT2D eigenvalue weighted by molar-refractivity contribution is 5.87. The molecule has 0 bridgehead atoms. The molecule has 0 saturated carbocycles. The van der Waals surface area contributed by atoms with E-state index in [0.717, 1.165) is 0 Å². The Bertz CT molecular complexity index is 273. The minimum Gasteiger partial charge on any atom is -0.465 e. The van der Waals surface area contributed by atoms with Crippen molar-refractivity contribution < 1.29 is 19.1 Å². The third-order valence-electron chi connectivity index (χ3n) is 2.18. The molecule has 0 aromatic carbocycles. The van der Waals surface area contributed by atoms with Gasteiger partial charge in [0, 0.05) is 0 Å². The zero-order chi connectivity index (χ0) is 12.8. The first-order valence-electron chi connectivity index (χ1n) is 5.08. The first-order valence-corrected chi connectivity index (χ1v) is 5.08. The van der Waals surface area contributed by atoms with Gasteiger partial charge in [-0.3, -0.25) is 9.59 Å². The number of carbonyl (C=O) groups is 2. The Morgan fingerprint density at radius 1 is 1.44 bits per heavy atom. The van der Waals surface area contributed by atoms with Gasteiger partial charge < -0.3 is 15.2 Å². The standard InChI is InChI=1S/C11H19NO4/c1-5-7-16-10(14)11(3,4)8(12)9(13)15-6-2/h5,8H,1,6-7,12H2,2-4H3. The molecule has 0 spiro atoms. The molecule has 0 aromatic heterocycles. The van der Waals surface area contributed by atoms with Crippen LogP contribution >= 0.6 is 0 Å². The third kappa shape index (κ3) is 3.66. The molecular formula is C11H19NO4. The molecule has 0 aliphatic carbocycles. The number of hydrogen-bond donors (Lipinski definition) is 1. The fourth-order valence-corrected chi connectivity index (χ4v) is 0.974. The van der Waals surface area contributed by atoms with Crippen LogP contribution in [0.1, 0.15) is 20.8 Å². The maximum absolute atomic E-state index is 11.6. The molecule has 0 fully saturated rings. The van der Waals surface area contributed by atoms with Crippen molar-refractivity contribution in [2.45, 2.75) is 26.8 Å². The minimum absolute atomic E-state index is 0.0950. The predicted octanol–water partition coefficient (Wildman–Crippen LogP) is 0.632. The molecule has 92 valence electrons. The van der Waals surface area contributed by atoms with Crippen LogP contribution in [0.4, 0.5) is 0 Å². The molecule has 0 rings (SSSR count). The third-order valence-corrected chi connectivity index (χ3v) is 2.18. The molecule has 0 radical (unpaired) electrons. The van der Waals surface area contributed by atoms with Gasteiger partial charge in [0.2, 0.25) is 0 Å². The molecule has 0 aromatic rings. The molecule has 0 amide bonds. The fourth-order valence-electron chi connectivity index (χ4n) is 0.974. The average Bonchev–Trinajstić information content (AvgIpc) is 2.24. The van der Waals surface area contributed by atoms with Crippen molar-refractivity contribution in [2.75, 3.05) is 13.2 Å². The molecule has 16 heavy (non-hydrogen) atoms. The van der Waals surface area contributed by atoms with Crippen LogP contribution in [-0.2, 0) is 19.1 Å². The summed E-state index contributed by atoms with van der Waals surface area (Å²) >= 11 is 0. The Balaban J connectivity index is 4.56. The van der Waals surface area contributed by atoms with Gasteiger partial charge in [-0.25, -0.2) is 0 Å². The van der Waals surface area contributed by atoms with Crippen LogP contribution in [0.3, 0.4) is 0 Å². The van der Waals surface area contributed by atoms with E-state index in [2.05, 4.69) is 6.58 Å². The van der Waals surface area contributed by atoms with Gasteiger partial charge in [-0.2, -0.15) is 0 Å². The molecule has 0 aliphatic heterocycles. The van der Waals surface area contributed by atoms with Crippen LogP contribution in [0.5, 0.6) is 0 Å². The summed E-state index contributed by atoms with van der Waals surface area (Å²) in [4.78, 5) is 23.0. The highest BCUT2D eigenvalue weighted by Gasteiger charge is 2.41. The highest BCUT2D eigenvalue weighted by Crippen LogP contribution is 2.22. The lowest BCUT2D eigenvalue weighted by Crippen LogP contribution is -2.50. The summed E-state index contributed by atoms with van der Waals surface area (Å²) in [5.74, 6) is -1.16. The van der Waals surface area contributed by atoms with Gasteiger partial charge >= 0.3 is 11.9 Å². The lowest BCUT2D eigenvalue weighted by atomic mass is 9.85. The van der Waals surface area contributed by atoms with Crippen LogP contribution in [0.15, 0.2) is 12.7 Å². The monoisotopic (exact) mass is 229 g/mol. The molecule has 1 atom stereocenters. The summed E-state index contributed by atoms with van der Waals surface area (Å²) in [7, 11) is 0. The molecule has 1 unspecified atom stereocenters. The van der Waals surface area contributed by atoms with E-state index in [9.17, 15) is 9.59 Å². The number of esters is 2. The molecule has 0 heterocycles. The van der Waals surface area contributed by atoms with E-state index in [4.69, 9.17) is 15.2 Å². The average molecular weight is 229 g/mol. The van der Waals surface area contributed by atoms with Crippen molar-refractivity contribution in [1.29, 1.82) is 0 Å². The lowest BCUT2D eigenvalue weighted by Gasteiger charge is -2.27. The number of hydrogen-bond acceptors (Lipinski definition) is 5. The van der Waals surface area contributed by atoms with E-state index < -0.39 is 23.4 Å². The Hall–Kier alpha value is -1.36. The summed E-state index contributed by atoms with van der Waals surface area (Å²) in [6.07, 6.45) is 1.45. The fraction of sp³-hybridized carbons (Fsp3) is 0.636. The molecule has 0 saturated heterocycles. The second kappa shape index (κ2) is 6.27. The van der Waals surface area contributed by atoms with Gasteiger partial charge in [-0.15, -0.1) is 0 Å². The van der Waals surface area contributed by atoms with Gasteiger partial charge in [0.15, 0.2) is 0 Å². The molecule has 2 N–H and O–H groups in total. The number of ether oxygens (including phenoxy) is 2. The zero-order valence-corrected chi connectivity index (χ0v) is 9.99. The van der Waals surface area contributed by atoms with Crippen LogP contribution in [0, 0.1) is 5.41 Å². The predicted molar refractivity (Wildman–Crippen MR) is 59.5 cm³/mol. The van der Waals surface area contributed by atoms with Gasteiger partial charge in [0.25, 0.3) is 0 Å². The Kier molecular flexibility index (Phi) is 5.74. The van der Waals surface area contributed by atoms with E-state index in [1.54, 1.807) is 20.8 Å². The Morgan fingerprint density at radius 2 is 2.00 bits per heavy atom. The smallest absolute Gasteiger partial charge is 0.324 e. The van der Waals surface area contributed by atoms with E-state index in [0.29, 0.717) is 0 Å². The zero-order valence-electron chi connectivity index (χ0n) is 9.99.